The molecule has 0 N–H and O–H groups in total. The lowest BCUT2D eigenvalue weighted by Crippen LogP contribution is -2.30. The second kappa shape index (κ2) is 4.47. The van der Waals surface area contributed by atoms with Crippen molar-refractivity contribution < 1.29 is 8.42 Å². The van der Waals surface area contributed by atoms with E-state index in [2.05, 4.69) is 4.98 Å². The molecule has 1 aliphatic rings. The molecular formula is C12H14ClN3O2S. The molecule has 2 heterocycles. The van der Waals surface area contributed by atoms with Crippen molar-refractivity contribution in [2.75, 3.05) is 13.6 Å². The molecule has 0 aromatic carbocycles. The van der Waals surface area contributed by atoms with Crippen molar-refractivity contribution in [3.63, 3.8) is 0 Å². The van der Waals surface area contributed by atoms with Gasteiger partial charge in [0, 0.05) is 19.8 Å². The van der Waals surface area contributed by atoms with Gasteiger partial charge in [0.1, 0.15) is 5.65 Å². The number of hydrogen-bond acceptors (Lipinski definition) is 3. The molecule has 0 unspecified atom stereocenters. The molecule has 5 nitrogen and oxygen atoms in total. The number of nitrogens with zero attached hydrogens (tertiary/aromatic N) is 3. The van der Waals surface area contributed by atoms with E-state index in [9.17, 15) is 8.42 Å². The van der Waals surface area contributed by atoms with E-state index < -0.39 is 10.0 Å². The number of hydrogen-bond donors (Lipinski definition) is 0. The Labute approximate surface area is 116 Å². The Morgan fingerprint density at radius 2 is 2.21 bits per heavy atom. The van der Waals surface area contributed by atoms with Crippen LogP contribution in [0.5, 0.6) is 0 Å². The van der Waals surface area contributed by atoms with E-state index in [4.69, 9.17) is 11.6 Å². The van der Waals surface area contributed by atoms with E-state index in [1.165, 1.54) is 8.71 Å². The number of rotatable bonds is 4. The number of halogens is 1. The van der Waals surface area contributed by atoms with Crippen molar-refractivity contribution in [2.24, 2.45) is 5.92 Å². The van der Waals surface area contributed by atoms with Gasteiger partial charge in [-0.25, -0.2) is 13.4 Å². The topological polar surface area (TPSA) is 54.7 Å². The highest BCUT2D eigenvalue weighted by Crippen LogP contribution is 2.32. The molecule has 2 aromatic rings. The predicted molar refractivity (Wildman–Crippen MR) is 72.7 cm³/mol. The van der Waals surface area contributed by atoms with E-state index in [-0.39, 0.29) is 10.2 Å². The maximum Gasteiger partial charge on any atom is 0.262 e. The summed E-state index contributed by atoms with van der Waals surface area (Å²) in [6.07, 6.45) is 3.85. The molecule has 3 rings (SSSR count). The number of imidazole rings is 1. The minimum atomic E-state index is -3.61. The summed E-state index contributed by atoms with van der Waals surface area (Å²) in [5.74, 6) is 0.484. The first-order valence-electron chi connectivity index (χ1n) is 6.09. The Morgan fingerprint density at radius 3 is 2.89 bits per heavy atom. The van der Waals surface area contributed by atoms with Crippen molar-refractivity contribution in [2.45, 2.75) is 17.9 Å². The zero-order valence-electron chi connectivity index (χ0n) is 10.5. The highest BCUT2D eigenvalue weighted by Gasteiger charge is 2.32. The van der Waals surface area contributed by atoms with Gasteiger partial charge in [-0.3, -0.25) is 4.40 Å². The highest BCUT2D eigenvalue weighted by atomic mass is 35.5. The van der Waals surface area contributed by atoms with Crippen LogP contribution in [0.2, 0.25) is 5.15 Å². The fraction of sp³-hybridized carbons (Fsp3) is 0.417. The second-order valence-electron chi connectivity index (χ2n) is 4.87. The maximum absolute atomic E-state index is 12.6. The van der Waals surface area contributed by atoms with Crippen molar-refractivity contribution in [1.82, 2.24) is 13.7 Å². The monoisotopic (exact) mass is 299 g/mol. The van der Waals surface area contributed by atoms with E-state index in [1.807, 2.05) is 0 Å². The van der Waals surface area contributed by atoms with Crippen LogP contribution in [-0.4, -0.2) is 35.7 Å². The highest BCUT2D eigenvalue weighted by molar-refractivity contribution is 7.89. The zero-order chi connectivity index (χ0) is 13.6. The molecule has 0 saturated heterocycles. The molecule has 102 valence electrons. The molecule has 0 aliphatic heterocycles. The third kappa shape index (κ3) is 2.24. The maximum atomic E-state index is 12.6. The van der Waals surface area contributed by atoms with Gasteiger partial charge >= 0.3 is 0 Å². The van der Waals surface area contributed by atoms with Crippen LogP contribution in [0.4, 0.5) is 0 Å². The summed E-state index contributed by atoms with van der Waals surface area (Å²) in [6.45, 7) is 0.540. The Kier molecular flexibility index (Phi) is 3.03. The largest absolute Gasteiger partial charge is 0.288 e. The Balaban J connectivity index is 2.09. The molecule has 2 aromatic heterocycles. The minimum absolute atomic E-state index is 0.0221. The van der Waals surface area contributed by atoms with Crippen molar-refractivity contribution in [3.05, 3.63) is 29.5 Å². The van der Waals surface area contributed by atoms with Crippen LogP contribution in [0.3, 0.4) is 0 Å². The molecule has 19 heavy (non-hydrogen) atoms. The predicted octanol–water partition coefficient (Wildman–Crippen LogP) is 2.02. The summed E-state index contributed by atoms with van der Waals surface area (Å²) in [5, 5.41) is 0.0711. The molecule has 1 fully saturated rings. The van der Waals surface area contributed by atoms with Crippen LogP contribution >= 0.6 is 11.6 Å². The fourth-order valence-electron chi connectivity index (χ4n) is 2.09. The van der Waals surface area contributed by atoms with Gasteiger partial charge in [0.2, 0.25) is 0 Å². The lowest BCUT2D eigenvalue weighted by Gasteiger charge is -2.16. The molecule has 0 radical (unpaired) electrons. The Hall–Kier alpha value is -1.11. The van der Waals surface area contributed by atoms with Crippen molar-refractivity contribution in [1.29, 1.82) is 0 Å². The first kappa shape index (κ1) is 12.9. The molecule has 0 bridgehead atoms. The number of fused-ring (bicyclic) bond motifs is 1. The van der Waals surface area contributed by atoms with E-state index in [0.29, 0.717) is 18.1 Å². The SMILES string of the molecule is CN(CC1CC1)S(=O)(=O)c1c(Cl)nc2ccccn12. The van der Waals surface area contributed by atoms with E-state index in [1.54, 1.807) is 31.4 Å². The third-order valence-corrected chi connectivity index (χ3v) is 5.54. The summed E-state index contributed by atoms with van der Waals surface area (Å²) >= 11 is 6.01. The van der Waals surface area contributed by atoms with E-state index in [0.717, 1.165) is 12.8 Å². The number of sulfonamides is 1. The van der Waals surface area contributed by atoms with Gasteiger partial charge in [0.25, 0.3) is 10.0 Å². The Bertz CT molecular complexity index is 722. The van der Waals surface area contributed by atoms with Crippen molar-refractivity contribution >= 4 is 27.3 Å². The first-order chi connectivity index (χ1) is 9.00. The average molecular weight is 300 g/mol. The molecule has 1 saturated carbocycles. The van der Waals surface area contributed by atoms with Gasteiger partial charge < -0.3 is 0 Å². The zero-order valence-corrected chi connectivity index (χ0v) is 12.0. The molecule has 0 atom stereocenters. The van der Waals surface area contributed by atoms with Gasteiger partial charge in [-0.1, -0.05) is 17.7 Å². The summed E-state index contributed by atoms with van der Waals surface area (Å²) in [4.78, 5) is 4.08. The van der Waals surface area contributed by atoms with Crippen LogP contribution in [0, 0.1) is 5.92 Å². The first-order valence-corrected chi connectivity index (χ1v) is 7.91. The summed E-state index contributed by atoms with van der Waals surface area (Å²) in [7, 11) is -2.02. The van der Waals surface area contributed by atoms with Crippen LogP contribution in [-0.2, 0) is 10.0 Å². The van der Waals surface area contributed by atoms with Gasteiger partial charge in [-0.15, -0.1) is 0 Å². The summed E-state index contributed by atoms with van der Waals surface area (Å²) in [6, 6.07) is 5.28. The van der Waals surface area contributed by atoms with Gasteiger partial charge in [-0.2, -0.15) is 4.31 Å². The fourth-order valence-corrected chi connectivity index (χ4v) is 3.92. The second-order valence-corrected chi connectivity index (χ2v) is 7.18. The van der Waals surface area contributed by atoms with E-state index >= 15 is 0 Å². The van der Waals surface area contributed by atoms with Crippen LogP contribution in [0.1, 0.15) is 12.8 Å². The molecule has 0 amide bonds. The standard InChI is InChI=1S/C12H14ClN3O2S/c1-15(8-9-5-6-9)19(17,18)12-11(13)14-10-4-2-3-7-16(10)12/h2-4,7,9H,5-6,8H2,1H3. The molecule has 7 heteroatoms. The smallest absolute Gasteiger partial charge is 0.262 e. The van der Waals surface area contributed by atoms with Crippen LogP contribution in [0.15, 0.2) is 29.4 Å². The summed E-state index contributed by atoms with van der Waals surface area (Å²) < 4.78 is 28.0. The molecule has 0 spiro atoms. The van der Waals surface area contributed by atoms with Gasteiger partial charge in [0.15, 0.2) is 10.2 Å². The Morgan fingerprint density at radius 1 is 1.47 bits per heavy atom. The third-order valence-electron chi connectivity index (χ3n) is 3.31. The normalized spacial score (nSPS) is 16.4. The number of aromatic nitrogens is 2. The average Bonchev–Trinajstić information content (AvgIpc) is 3.08. The lowest BCUT2D eigenvalue weighted by molar-refractivity contribution is 0.450. The lowest BCUT2D eigenvalue weighted by atomic mass is 10.4. The quantitative estimate of drug-likeness (QED) is 0.868. The van der Waals surface area contributed by atoms with Crippen LogP contribution in [0.25, 0.3) is 5.65 Å². The van der Waals surface area contributed by atoms with Crippen LogP contribution < -0.4 is 0 Å². The minimum Gasteiger partial charge on any atom is -0.288 e. The summed E-state index contributed by atoms with van der Waals surface area (Å²) in [5.41, 5.74) is 0.533. The van der Waals surface area contributed by atoms with Gasteiger partial charge in [0.05, 0.1) is 0 Å². The number of pyridine rings is 1. The molecular weight excluding hydrogens is 286 g/mol. The van der Waals surface area contributed by atoms with Gasteiger partial charge in [-0.05, 0) is 30.9 Å². The van der Waals surface area contributed by atoms with Crippen molar-refractivity contribution in [3.8, 4) is 0 Å². The molecule has 1 aliphatic carbocycles.